The zero-order chi connectivity index (χ0) is 20.0. The number of primary amides is 1. The molecule has 1 heterocycles. The van der Waals surface area contributed by atoms with Crippen molar-refractivity contribution in [3.05, 3.63) is 82.4 Å². The Morgan fingerprint density at radius 1 is 1.07 bits per heavy atom. The summed E-state index contributed by atoms with van der Waals surface area (Å²) in [5.74, 6) is 0.00140. The lowest BCUT2D eigenvalue weighted by atomic mass is 10.00. The number of fused-ring (bicyclic) bond motifs is 3. The molecule has 4 rings (SSSR count). The van der Waals surface area contributed by atoms with Crippen molar-refractivity contribution < 1.29 is 4.79 Å². The van der Waals surface area contributed by atoms with Crippen molar-refractivity contribution >= 4 is 27.7 Å². The number of rotatable bonds is 4. The van der Waals surface area contributed by atoms with Crippen LogP contribution in [0.2, 0.25) is 0 Å². The van der Waals surface area contributed by atoms with Crippen LogP contribution < -0.4 is 5.73 Å². The van der Waals surface area contributed by atoms with Gasteiger partial charge in [-0.15, -0.1) is 0 Å². The maximum atomic E-state index is 12.1. The summed E-state index contributed by atoms with van der Waals surface area (Å²) in [5.41, 5.74) is 13.4. The second kappa shape index (κ2) is 6.83. The lowest BCUT2D eigenvalue weighted by molar-refractivity contribution is 0.100. The van der Waals surface area contributed by atoms with Crippen molar-refractivity contribution in [2.24, 2.45) is 5.73 Å². The van der Waals surface area contributed by atoms with E-state index in [4.69, 9.17) is 5.73 Å². The molecule has 3 heteroatoms. The molecule has 1 radical (unpaired) electrons. The van der Waals surface area contributed by atoms with Crippen molar-refractivity contribution in [3.8, 4) is 0 Å². The smallest absolute Gasteiger partial charge is 0.249 e. The summed E-state index contributed by atoms with van der Waals surface area (Å²) in [7, 11) is 0. The van der Waals surface area contributed by atoms with Crippen molar-refractivity contribution in [2.45, 2.75) is 40.2 Å². The lowest BCUT2D eigenvalue weighted by Crippen LogP contribution is -2.11. The minimum absolute atomic E-state index is 0.405. The molecule has 0 aliphatic heterocycles. The van der Waals surface area contributed by atoms with E-state index in [1.165, 1.54) is 22.3 Å². The number of aryl methyl sites for hydroxylation is 2. The SMILES string of the molecule is Cc1ccc(Cn2c3cc(C(C)C)c[c]c3c3c(C(N)=O)cccc32)cc1C. The molecule has 28 heavy (non-hydrogen) atoms. The molecular weight excluding hydrogens is 344 g/mol. The summed E-state index contributed by atoms with van der Waals surface area (Å²) in [4.78, 5) is 12.1. The molecule has 0 saturated carbocycles. The highest BCUT2D eigenvalue weighted by molar-refractivity contribution is 6.17. The first kappa shape index (κ1) is 18.3. The summed E-state index contributed by atoms with van der Waals surface area (Å²) in [6, 6.07) is 20.0. The first-order valence-corrected chi connectivity index (χ1v) is 9.69. The fraction of sp³-hybridized carbons (Fsp3) is 0.240. The number of aromatic nitrogens is 1. The third kappa shape index (κ3) is 2.97. The van der Waals surface area contributed by atoms with Gasteiger partial charge in [-0.2, -0.15) is 0 Å². The quantitative estimate of drug-likeness (QED) is 0.508. The van der Waals surface area contributed by atoms with Gasteiger partial charge in [-0.05, 0) is 66.3 Å². The zero-order valence-electron chi connectivity index (χ0n) is 16.8. The Balaban J connectivity index is 2.03. The third-order valence-corrected chi connectivity index (χ3v) is 5.66. The van der Waals surface area contributed by atoms with Crippen molar-refractivity contribution in [1.29, 1.82) is 0 Å². The number of carbonyl (C=O) groups is 1. The molecule has 141 valence electrons. The number of carbonyl (C=O) groups excluding carboxylic acids is 1. The van der Waals surface area contributed by atoms with Crippen LogP contribution in [0.25, 0.3) is 21.8 Å². The fourth-order valence-electron chi connectivity index (χ4n) is 3.87. The molecule has 0 aliphatic rings. The van der Waals surface area contributed by atoms with Crippen LogP contribution in [0.3, 0.4) is 0 Å². The molecular formula is C25H25N2O. The van der Waals surface area contributed by atoms with Gasteiger partial charge in [0.1, 0.15) is 0 Å². The molecule has 0 bridgehead atoms. The minimum Gasteiger partial charge on any atom is -0.366 e. The van der Waals surface area contributed by atoms with Gasteiger partial charge in [0.2, 0.25) is 5.91 Å². The number of amides is 1. The van der Waals surface area contributed by atoms with Gasteiger partial charge in [0.05, 0.1) is 11.0 Å². The molecule has 0 spiro atoms. The Labute approximate surface area is 165 Å². The van der Waals surface area contributed by atoms with Gasteiger partial charge in [0, 0.05) is 22.9 Å². The summed E-state index contributed by atoms with van der Waals surface area (Å²) in [6.45, 7) is 9.36. The molecule has 0 saturated heterocycles. The number of benzene rings is 3. The molecule has 1 aromatic heterocycles. The van der Waals surface area contributed by atoms with Gasteiger partial charge in [-0.25, -0.2) is 0 Å². The Morgan fingerprint density at radius 2 is 1.86 bits per heavy atom. The van der Waals surface area contributed by atoms with Gasteiger partial charge in [0.15, 0.2) is 0 Å². The standard InChI is InChI=1S/C25H25N2O/c1-15(2)19-10-11-20-23(13-19)27(14-18-9-8-16(3)17(4)12-18)22-7-5-6-21(24(20)22)25(26)28/h5-10,12-13,15H,14H2,1-4H3,(H2,26,28). The van der Waals surface area contributed by atoms with Crippen molar-refractivity contribution in [3.63, 3.8) is 0 Å². The van der Waals surface area contributed by atoms with Gasteiger partial charge >= 0.3 is 0 Å². The van der Waals surface area contributed by atoms with E-state index < -0.39 is 5.91 Å². The van der Waals surface area contributed by atoms with E-state index in [0.29, 0.717) is 11.5 Å². The van der Waals surface area contributed by atoms with Gasteiger partial charge in [-0.3, -0.25) is 4.79 Å². The zero-order valence-corrected chi connectivity index (χ0v) is 16.8. The monoisotopic (exact) mass is 369 g/mol. The minimum atomic E-state index is -0.405. The molecule has 4 aromatic rings. The van der Waals surface area contributed by atoms with Crippen LogP contribution in [0.1, 0.15) is 52.4 Å². The van der Waals surface area contributed by atoms with E-state index >= 15 is 0 Å². The van der Waals surface area contributed by atoms with E-state index in [-0.39, 0.29) is 0 Å². The average Bonchev–Trinajstić information content (AvgIpc) is 2.98. The molecule has 0 fully saturated rings. The largest absolute Gasteiger partial charge is 0.366 e. The van der Waals surface area contributed by atoms with E-state index in [2.05, 4.69) is 68.7 Å². The summed E-state index contributed by atoms with van der Waals surface area (Å²) in [5, 5.41) is 1.85. The van der Waals surface area contributed by atoms with Gasteiger partial charge < -0.3 is 10.3 Å². The highest BCUT2D eigenvalue weighted by Crippen LogP contribution is 2.34. The van der Waals surface area contributed by atoms with Crippen LogP contribution in [0, 0.1) is 19.9 Å². The van der Waals surface area contributed by atoms with Crippen LogP contribution in [0.5, 0.6) is 0 Å². The van der Waals surface area contributed by atoms with Crippen LogP contribution >= 0.6 is 0 Å². The summed E-state index contributed by atoms with van der Waals surface area (Å²) < 4.78 is 2.28. The van der Waals surface area contributed by atoms with E-state index in [1.807, 2.05) is 12.1 Å². The fourth-order valence-corrected chi connectivity index (χ4v) is 3.87. The molecule has 1 amide bonds. The third-order valence-electron chi connectivity index (χ3n) is 5.66. The van der Waals surface area contributed by atoms with E-state index in [1.54, 1.807) is 6.07 Å². The van der Waals surface area contributed by atoms with E-state index in [0.717, 1.165) is 28.4 Å². The summed E-state index contributed by atoms with van der Waals surface area (Å²) in [6.07, 6.45) is 0. The van der Waals surface area contributed by atoms with Crippen molar-refractivity contribution in [2.75, 3.05) is 0 Å². The Kier molecular flexibility index (Phi) is 4.46. The average molecular weight is 369 g/mol. The number of nitrogens with zero attached hydrogens (tertiary/aromatic N) is 1. The maximum Gasteiger partial charge on any atom is 0.249 e. The normalized spacial score (nSPS) is 11.6. The second-order valence-corrected chi connectivity index (χ2v) is 7.92. The Bertz CT molecular complexity index is 1210. The van der Waals surface area contributed by atoms with E-state index in [9.17, 15) is 4.79 Å². The predicted molar refractivity (Wildman–Crippen MR) is 116 cm³/mol. The van der Waals surface area contributed by atoms with Crippen LogP contribution in [0.4, 0.5) is 0 Å². The van der Waals surface area contributed by atoms with Crippen LogP contribution in [-0.2, 0) is 6.54 Å². The summed E-state index contributed by atoms with van der Waals surface area (Å²) >= 11 is 0. The Hall–Kier alpha value is -3.07. The molecule has 0 unspecified atom stereocenters. The lowest BCUT2D eigenvalue weighted by Gasteiger charge is -2.11. The number of hydrogen-bond donors (Lipinski definition) is 1. The maximum absolute atomic E-state index is 12.1. The van der Waals surface area contributed by atoms with Crippen LogP contribution in [0.15, 0.2) is 48.5 Å². The first-order chi connectivity index (χ1) is 13.4. The van der Waals surface area contributed by atoms with Gasteiger partial charge in [-0.1, -0.05) is 44.2 Å². The highest BCUT2D eigenvalue weighted by atomic mass is 16.1. The topological polar surface area (TPSA) is 48.0 Å². The molecule has 3 nitrogen and oxygen atoms in total. The molecule has 3 aromatic carbocycles. The molecule has 0 aliphatic carbocycles. The van der Waals surface area contributed by atoms with Crippen LogP contribution in [-0.4, -0.2) is 10.5 Å². The predicted octanol–water partition coefficient (Wildman–Crippen LogP) is 5.48. The first-order valence-electron chi connectivity index (χ1n) is 9.69. The van der Waals surface area contributed by atoms with Gasteiger partial charge in [0.25, 0.3) is 0 Å². The molecule has 2 N–H and O–H groups in total. The second-order valence-electron chi connectivity index (χ2n) is 7.92. The Morgan fingerprint density at radius 3 is 2.54 bits per heavy atom. The number of hydrogen-bond acceptors (Lipinski definition) is 1. The number of nitrogens with two attached hydrogens (primary N) is 1. The van der Waals surface area contributed by atoms with Crippen molar-refractivity contribution in [1.82, 2.24) is 4.57 Å². The highest BCUT2D eigenvalue weighted by Gasteiger charge is 2.17. The molecule has 0 atom stereocenters.